The van der Waals surface area contributed by atoms with Crippen molar-refractivity contribution in [3.05, 3.63) is 58.6 Å². The first-order valence-corrected chi connectivity index (χ1v) is 6.19. The van der Waals surface area contributed by atoms with E-state index in [2.05, 4.69) is 27.3 Å². The van der Waals surface area contributed by atoms with E-state index in [9.17, 15) is 10.4 Å². The van der Waals surface area contributed by atoms with Crippen molar-refractivity contribution in [3.8, 4) is 11.8 Å². The maximum absolute atomic E-state index is 9.22. The highest BCUT2D eigenvalue weighted by molar-refractivity contribution is 9.10. The number of hydrogen-bond acceptors (Lipinski definition) is 3. The van der Waals surface area contributed by atoms with Gasteiger partial charge in [-0.05, 0) is 42.0 Å². The van der Waals surface area contributed by atoms with Crippen LogP contribution in [-0.4, -0.2) is 5.11 Å². The van der Waals surface area contributed by atoms with Crippen LogP contribution in [0.4, 0.5) is 5.69 Å². The molecular formula is C14H11BrN2O. The van der Waals surface area contributed by atoms with Crippen molar-refractivity contribution in [2.24, 2.45) is 0 Å². The molecule has 18 heavy (non-hydrogen) atoms. The summed E-state index contributed by atoms with van der Waals surface area (Å²) in [6.45, 7) is 0. The highest BCUT2D eigenvalue weighted by Gasteiger charge is 2.09. The largest absolute Gasteiger partial charge is 0.508 e. The van der Waals surface area contributed by atoms with Gasteiger partial charge in [0.2, 0.25) is 0 Å². The molecule has 0 aliphatic carbocycles. The average molecular weight is 303 g/mol. The SMILES string of the molecule is N#CC(Nc1ccc(Br)cc1)c1ccc(O)cc1. The van der Waals surface area contributed by atoms with Gasteiger partial charge in [0.25, 0.3) is 0 Å². The quantitative estimate of drug-likeness (QED) is 0.906. The third-order valence-electron chi connectivity index (χ3n) is 2.51. The number of benzene rings is 2. The second-order valence-electron chi connectivity index (χ2n) is 3.80. The smallest absolute Gasteiger partial charge is 0.140 e. The standard InChI is InChI=1S/C14H11BrN2O/c15-11-3-5-12(6-4-11)17-14(9-16)10-1-7-13(18)8-2-10/h1-8,14,17-18H. The van der Waals surface area contributed by atoms with E-state index < -0.39 is 6.04 Å². The number of anilines is 1. The van der Waals surface area contributed by atoms with Gasteiger partial charge in [0.1, 0.15) is 11.8 Å². The van der Waals surface area contributed by atoms with Gasteiger partial charge < -0.3 is 10.4 Å². The lowest BCUT2D eigenvalue weighted by Crippen LogP contribution is -2.08. The van der Waals surface area contributed by atoms with E-state index in [0.717, 1.165) is 15.7 Å². The van der Waals surface area contributed by atoms with Crippen molar-refractivity contribution < 1.29 is 5.11 Å². The minimum absolute atomic E-state index is 0.194. The van der Waals surface area contributed by atoms with Crippen LogP contribution in [0.3, 0.4) is 0 Å². The topological polar surface area (TPSA) is 56.0 Å². The van der Waals surface area contributed by atoms with Crippen molar-refractivity contribution >= 4 is 21.6 Å². The first-order chi connectivity index (χ1) is 8.69. The van der Waals surface area contributed by atoms with Crippen molar-refractivity contribution in [2.45, 2.75) is 6.04 Å². The van der Waals surface area contributed by atoms with Crippen molar-refractivity contribution in [3.63, 3.8) is 0 Å². The Hall–Kier alpha value is -1.99. The van der Waals surface area contributed by atoms with E-state index in [0.29, 0.717) is 0 Å². The summed E-state index contributed by atoms with van der Waals surface area (Å²) in [5, 5.41) is 21.5. The normalized spacial score (nSPS) is 11.6. The van der Waals surface area contributed by atoms with Gasteiger partial charge in [0.15, 0.2) is 0 Å². The molecule has 0 aliphatic heterocycles. The van der Waals surface area contributed by atoms with Crippen LogP contribution in [0, 0.1) is 11.3 Å². The predicted molar refractivity (Wildman–Crippen MR) is 74.2 cm³/mol. The van der Waals surface area contributed by atoms with Crippen molar-refractivity contribution in [1.29, 1.82) is 5.26 Å². The predicted octanol–water partition coefficient (Wildman–Crippen LogP) is 3.83. The molecule has 2 N–H and O–H groups in total. The molecule has 0 saturated carbocycles. The van der Waals surface area contributed by atoms with Crippen LogP contribution in [-0.2, 0) is 0 Å². The Morgan fingerprint density at radius 1 is 1.06 bits per heavy atom. The summed E-state index contributed by atoms with van der Waals surface area (Å²) >= 11 is 3.36. The van der Waals surface area contributed by atoms with E-state index in [1.165, 1.54) is 0 Å². The fourth-order valence-electron chi connectivity index (χ4n) is 1.57. The molecule has 0 aliphatic rings. The van der Waals surface area contributed by atoms with E-state index >= 15 is 0 Å². The first kappa shape index (κ1) is 12.5. The molecule has 0 aromatic heterocycles. The molecule has 2 rings (SSSR count). The molecule has 3 nitrogen and oxygen atoms in total. The molecule has 4 heteroatoms. The summed E-state index contributed by atoms with van der Waals surface area (Å²) in [4.78, 5) is 0. The van der Waals surface area contributed by atoms with Gasteiger partial charge in [-0.2, -0.15) is 5.26 Å². The number of aromatic hydroxyl groups is 1. The van der Waals surface area contributed by atoms with Gasteiger partial charge in [-0.25, -0.2) is 0 Å². The Labute approximate surface area is 114 Å². The van der Waals surface area contributed by atoms with Crippen LogP contribution >= 0.6 is 15.9 Å². The minimum Gasteiger partial charge on any atom is -0.508 e. The van der Waals surface area contributed by atoms with Crippen molar-refractivity contribution in [1.82, 2.24) is 0 Å². The summed E-state index contributed by atoms with van der Waals surface area (Å²) < 4.78 is 0.992. The van der Waals surface area contributed by atoms with Gasteiger partial charge in [0, 0.05) is 10.2 Å². The number of hydrogen-bond donors (Lipinski definition) is 2. The maximum Gasteiger partial charge on any atom is 0.140 e. The fraction of sp³-hybridized carbons (Fsp3) is 0.0714. The first-order valence-electron chi connectivity index (χ1n) is 5.39. The lowest BCUT2D eigenvalue weighted by molar-refractivity contribution is 0.475. The van der Waals surface area contributed by atoms with Crippen LogP contribution in [0.25, 0.3) is 0 Å². The lowest BCUT2D eigenvalue weighted by Gasteiger charge is -2.13. The second kappa shape index (κ2) is 5.56. The van der Waals surface area contributed by atoms with Gasteiger partial charge in [-0.15, -0.1) is 0 Å². The molecule has 1 atom stereocenters. The third-order valence-corrected chi connectivity index (χ3v) is 3.04. The Balaban J connectivity index is 2.17. The van der Waals surface area contributed by atoms with Gasteiger partial charge in [0.05, 0.1) is 6.07 Å². The number of nitrogens with zero attached hydrogens (tertiary/aromatic N) is 1. The second-order valence-corrected chi connectivity index (χ2v) is 4.72. The molecule has 0 amide bonds. The van der Waals surface area contributed by atoms with Crippen molar-refractivity contribution in [2.75, 3.05) is 5.32 Å². The van der Waals surface area contributed by atoms with Crippen LogP contribution in [0.5, 0.6) is 5.75 Å². The summed E-state index contributed by atoms with van der Waals surface area (Å²) in [6, 6.07) is 16.0. The molecule has 0 spiro atoms. The van der Waals surface area contributed by atoms with Gasteiger partial charge in [-0.1, -0.05) is 28.1 Å². The molecule has 90 valence electrons. The highest BCUT2D eigenvalue weighted by atomic mass is 79.9. The molecule has 1 unspecified atom stereocenters. The van der Waals surface area contributed by atoms with Gasteiger partial charge >= 0.3 is 0 Å². The molecule has 0 radical (unpaired) electrons. The molecule has 0 bridgehead atoms. The molecule has 0 saturated heterocycles. The maximum atomic E-state index is 9.22. The zero-order valence-corrected chi connectivity index (χ0v) is 11.1. The van der Waals surface area contributed by atoms with Crippen LogP contribution < -0.4 is 5.32 Å². The van der Waals surface area contributed by atoms with E-state index in [-0.39, 0.29) is 5.75 Å². The average Bonchev–Trinajstić information content (AvgIpc) is 2.39. The van der Waals surface area contributed by atoms with Gasteiger partial charge in [-0.3, -0.25) is 0 Å². The summed E-state index contributed by atoms with van der Waals surface area (Å²) in [5.41, 5.74) is 1.69. The number of nitriles is 1. The van der Waals surface area contributed by atoms with Crippen LogP contribution in [0.2, 0.25) is 0 Å². The Bertz CT molecular complexity index is 558. The number of phenols is 1. The number of phenolic OH excluding ortho intramolecular Hbond substituents is 1. The zero-order chi connectivity index (χ0) is 13.0. The summed E-state index contributed by atoms with van der Waals surface area (Å²) in [6.07, 6.45) is 0. The molecule has 2 aromatic rings. The van der Waals surface area contributed by atoms with E-state index in [1.54, 1.807) is 24.3 Å². The number of rotatable bonds is 3. The highest BCUT2D eigenvalue weighted by Crippen LogP contribution is 2.22. The van der Waals surface area contributed by atoms with E-state index in [4.69, 9.17) is 0 Å². The lowest BCUT2D eigenvalue weighted by atomic mass is 10.1. The number of halogens is 1. The Morgan fingerprint density at radius 3 is 2.22 bits per heavy atom. The third kappa shape index (κ3) is 3.02. The summed E-state index contributed by atoms with van der Waals surface area (Å²) in [5.74, 6) is 0.194. The zero-order valence-electron chi connectivity index (χ0n) is 9.47. The minimum atomic E-state index is -0.438. The molecule has 2 aromatic carbocycles. The number of nitrogens with one attached hydrogen (secondary N) is 1. The molecule has 0 fully saturated rings. The molecular weight excluding hydrogens is 292 g/mol. The van der Waals surface area contributed by atoms with Crippen LogP contribution in [0.1, 0.15) is 11.6 Å². The molecule has 0 heterocycles. The Morgan fingerprint density at radius 2 is 1.67 bits per heavy atom. The summed E-state index contributed by atoms with van der Waals surface area (Å²) in [7, 11) is 0. The Kier molecular flexibility index (Phi) is 3.85. The fourth-order valence-corrected chi connectivity index (χ4v) is 1.83. The van der Waals surface area contributed by atoms with Crippen LogP contribution in [0.15, 0.2) is 53.0 Å². The van der Waals surface area contributed by atoms with E-state index in [1.807, 2.05) is 24.3 Å². The monoisotopic (exact) mass is 302 g/mol.